The van der Waals surface area contributed by atoms with Crippen molar-refractivity contribution < 1.29 is 23.0 Å². The van der Waals surface area contributed by atoms with E-state index in [1.54, 1.807) is 24.3 Å². The van der Waals surface area contributed by atoms with E-state index in [4.69, 9.17) is 4.74 Å². The monoisotopic (exact) mass is 312 g/mol. The zero-order valence-electron chi connectivity index (χ0n) is 11.8. The Labute approximate surface area is 125 Å². The molecule has 0 radical (unpaired) electrons. The summed E-state index contributed by atoms with van der Waals surface area (Å²) in [5.41, 5.74) is -0.117. The summed E-state index contributed by atoms with van der Waals surface area (Å²) in [6.45, 7) is -0.301. The Morgan fingerprint density at radius 2 is 2.05 bits per heavy atom. The third kappa shape index (κ3) is 3.88. The van der Waals surface area contributed by atoms with Crippen LogP contribution in [0.2, 0.25) is 0 Å². The molecule has 1 heterocycles. The number of rotatable bonds is 5. The molecule has 0 amide bonds. The van der Waals surface area contributed by atoms with Crippen molar-refractivity contribution in [3.8, 4) is 5.75 Å². The van der Waals surface area contributed by atoms with Crippen LogP contribution in [0, 0.1) is 0 Å². The van der Waals surface area contributed by atoms with E-state index in [0.29, 0.717) is 11.3 Å². The van der Waals surface area contributed by atoms with Crippen molar-refractivity contribution in [3.05, 3.63) is 53.7 Å². The number of ether oxygens (including phenoxy) is 1. The first kappa shape index (κ1) is 16.1. The summed E-state index contributed by atoms with van der Waals surface area (Å²) < 4.78 is 43.2. The summed E-state index contributed by atoms with van der Waals surface area (Å²) in [5, 5.41) is 12.3. The second-order valence-corrected chi connectivity index (χ2v) is 4.58. The minimum atomic E-state index is -4.44. The van der Waals surface area contributed by atoms with Gasteiger partial charge in [0.25, 0.3) is 0 Å². The van der Waals surface area contributed by atoms with E-state index in [1.807, 2.05) is 0 Å². The molecule has 0 unspecified atom stereocenters. The number of halogens is 3. The van der Waals surface area contributed by atoms with Crippen molar-refractivity contribution in [1.82, 2.24) is 4.98 Å². The Kier molecular flexibility index (Phi) is 4.87. The quantitative estimate of drug-likeness (QED) is 0.890. The van der Waals surface area contributed by atoms with Crippen LogP contribution >= 0.6 is 0 Å². The van der Waals surface area contributed by atoms with Crippen molar-refractivity contribution in [2.75, 3.05) is 19.0 Å². The topological polar surface area (TPSA) is 54.4 Å². The number of pyridine rings is 1. The largest absolute Gasteiger partial charge is 0.497 e. The summed E-state index contributed by atoms with van der Waals surface area (Å²) >= 11 is 0. The standard InChI is InChI=1S/C15H15F3N2O2/c1-22-12-4-2-3-10(7-12)13(9-21)20-14-8-11(5-6-19-14)15(16,17)18/h2-8,13,21H,9H2,1H3,(H,19,20)/t13-/m0/s1. The fraction of sp³-hybridized carbons (Fsp3) is 0.267. The van der Waals surface area contributed by atoms with Gasteiger partial charge in [-0.3, -0.25) is 0 Å². The van der Waals surface area contributed by atoms with Crippen molar-refractivity contribution in [2.24, 2.45) is 0 Å². The first-order valence-corrected chi connectivity index (χ1v) is 6.48. The summed E-state index contributed by atoms with van der Waals surface area (Å²) in [5.74, 6) is 0.631. The first-order chi connectivity index (χ1) is 10.4. The summed E-state index contributed by atoms with van der Waals surface area (Å²) in [7, 11) is 1.51. The molecule has 0 saturated carbocycles. The number of methoxy groups -OCH3 is 1. The third-order valence-electron chi connectivity index (χ3n) is 3.09. The normalized spacial score (nSPS) is 12.8. The molecule has 7 heteroatoms. The lowest BCUT2D eigenvalue weighted by Gasteiger charge is -2.18. The number of aromatic nitrogens is 1. The van der Waals surface area contributed by atoms with Gasteiger partial charge in [0.05, 0.1) is 25.3 Å². The van der Waals surface area contributed by atoms with Gasteiger partial charge in [0, 0.05) is 6.20 Å². The van der Waals surface area contributed by atoms with Gasteiger partial charge in [-0.1, -0.05) is 12.1 Å². The molecule has 0 saturated heterocycles. The molecule has 118 valence electrons. The van der Waals surface area contributed by atoms with Crippen LogP contribution in [0.15, 0.2) is 42.6 Å². The van der Waals surface area contributed by atoms with Crippen molar-refractivity contribution in [2.45, 2.75) is 12.2 Å². The molecule has 2 aromatic rings. The lowest BCUT2D eigenvalue weighted by atomic mass is 10.1. The molecular weight excluding hydrogens is 297 g/mol. The van der Waals surface area contributed by atoms with E-state index in [2.05, 4.69) is 10.3 Å². The average Bonchev–Trinajstić information content (AvgIpc) is 2.52. The molecule has 1 aromatic carbocycles. The summed E-state index contributed by atoms with van der Waals surface area (Å²) in [6.07, 6.45) is -3.37. The van der Waals surface area contributed by atoms with Crippen molar-refractivity contribution in [3.63, 3.8) is 0 Å². The van der Waals surface area contributed by atoms with Gasteiger partial charge in [0.2, 0.25) is 0 Å². The molecule has 0 fully saturated rings. The Morgan fingerprint density at radius 1 is 1.27 bits per heavy atom. The Morgan fingerprint density at radius 3 is 2.68 bits per heavy atom. The molecular formula is C15H15F3N2O2. The second kappa shape index (κ2) is 6.65. The van der Waals surface area contributed by atoms with Crippen LogP contribution in [-0.4, -0.2) is 23.8 Å². The Balaban J connectivity index is 2.23. The number of anilines is 1. The van der Waals surface area contributed by atoms with Crippen LogP contribution in [-0.2, 0) is 6.18 Å². The number of aliphatic hydroxyl groups is 1. The van der Waals surface area contributed by atoms with Crippen LogP contribution in [0.3, 0.4) is 0 Å². The Bertz CT molecular complexity index is 632. The maximum absolute atomic E-state index is 12.7. The highest BCUT2D eigenvalue weighted by molar-refractivity contribution is 5.42. The minimum Gasteiger partial charge on any atom is -0.497 e. The lowest BCUT2D eigenvalue weighted by molar-refractivity contribution is -0.137. The average molecular weight is 312 g/mol. The van der Waals surface area contributed by atoms with Gasteiger partial charge >= 0.3 is 6.18 Å². The van der Waals surface area contributed by atoms with Gasteiger partial charge in [-0.05, 0) is 29.8 Å². The fourth-order valence-corrected chi connectivity index (χ4v) is 1.96. The summed E-state index contributed by atoms with van der Waals surface area (Å²) in [6, 6.07) is 8.11. The molecule has 0 aliphatic rings. The highest BCUT2D eigenvalue weighted by atomic mass is 19.4. The van der Waals surface area contributed by atoms with E-state index in [9.17, 15) is 18.3 Å². The van der Waals surface area contributed by atoms with E-state index >= 15 is 0 Å². The predicted molar refractivity (Wildman–Crippen MR) is 75.7 cm³/mol. The minimum absolute atomic E-state index is 0.0386. The third-order valence-corrected chi connectivity index (χ3v) is 3.09. The highest BCUT2D eigenvalue weighted by Crippen LogP contribution is 2.31. The van der Waals surface area contributed by atoms with E-state index in [-0.39, 0.29) is 12.4 Å². The SMILES string of the molecule is COc1cccc([C@H](CO)Nc2cc(C(F)(F)F)ccn2)c1. The van der Waals surface area contributed by atoms with Crippen LogP contribution in [0.25, 0.3) is 0 Å². The maximum Gasteiger partial charge on any atom is 0.416 e. The zero-order valence-corrected chi connectivity index (χ0v) is 11.8. The number of nitrogens with zero attached hydrogens (tertiary/aromatic N) is 1. The van der Waals surface area contributed by atoms with Crippen molar-refractivity contribution >= 4 is 5.82 Å². The van der Waals surface area contributed by atoms with Crippen LogP contribution < -0.4 is 10.1 Å². The van der Waals surface area contributed by atoms with Gasteiger partial charge in [-0.2, -0.15) is 13.2 Å². The molecule has 2 rings (SSSR count). The first-order valence-electron chi connectivity index (χ1n) is 6.48. The van der Waals surface area contributed by atoms with E-state index in [0.717, 1.165) is 18.3 Å². The Hall–Kier alpha value is -2.28. The smallest absolute Gasteiger partial charge is 0.416 e. The van der Waals surface area contributed by atoms with Gasteiger partial charge in [0.1, 0.15) is 11.6 Å². The van der Waals surface area contributed by atoms with Gasteiger partial charge in [0.15, 0.2) is 0 Å². The number of aliphatic hydroxyl groups excluding tert-OH is 1. The lowest BCUT2D eigenvalue weighted by Crippen LogP contribution is -2.16. The van der Waals surface area contributed by atoms with E-state index in [1.165, 1.54) is 7.11 Å². The molecule has 0 bridgehead atoms. The fourth-order valence-electron chi connectivity index (χ4n) is 1.96. The van der Waals surface area contributed by atoms with Gasteiger partial charge in [-0.15, -0.1) is 0 Å². The van der Waals surface area contributed by atoms with E-state index < -0.39 is 17.8 Å². The molecule has 1 atom stereocenters. The van der Waals surface area contributed by atoms with Crippen LogP contribution in [0.4, 0.5) is 19.0 Å². The zero-order chi connectivity index (χ0) is 16.2. The number of alkyl halides is 3. The molecule has 22 heavy (non-hydrogen) atoms. The molecule has 0 spiro atoms. The number of benzene rings is 1. The van der Waals surface area contributed by atoms with Crippen molar-refractivity contribution in [1.29, 1.82) is 0 Å². The second-order valence-electron chi connectivity index (χ2n) is 4.58. The number of hydrogen-bond donors (Lipinski definition) is 2. The summed E-state index contributed by atoms with van der Waals surface area (Å²) in [4.78, 5) is 3.86. The molecule has 0 aliphatic carbocycles. The molecule has 2 N–H and O–H groups in total. The molecule has 1 aromatic heterocycles. The molecule has 0 aliphatic heterocycles. The van der Waals surface area contributed by atoms with Gasteiger partial charge < -0.3 is 15.2 Å². The maximum atomic E-state index is 12.7. The van der Waals surface area contributed by atoms with Crippen LogP contribution in [0.5, 0.6) is 5.75 Å². The highest BCUT2D eigenvalue weighted by Gasteiger charge is 2.30. The number of nitrogens with one attached hydrogen (secondary N) is 1. The number of hydrogen-bond acceptors (Lipinski definition) is 4. The predicted octanol–water partition coefficient (Wildman–Crippen LogP) is 3.25. The molecule has 4 nitrogen and oxygen atoms in total. The van der Waals surface area contributed by atoms with Gasteiger partial charge in [-0.25, -0.2) is 4.98 Å². The van der Waals surface area contributed by atoms with Crippen LogP contribution in [0.1, 0.15) is 17.2 Å².